The number of aromatic nitrogens is 3. The molecule has 2 heterocycles. The van der Waals surface area contributed by atoms with Gasteiger partial charge in [0.25, 0.3) is 0 Å². The summed E-state index contributed by atoms with van der Waals surface area (Å²) in [6.45, 7) is 0. The molecule has 0 fully saturated rings. The van der Waals surface area contributed by atoms with Gasteiger partial charge in [-0.05, 0) is 89.3 Å². The summed E-state index contributed by atoms with van der Waals surface area (Å²) in [5, 5.41) is 18.0. The lowest BCUT2D eigenvalue weighted by molar-refractivity contribution is 1.02. The van der Waals surface area contributed by atoms with E-state index >= 15 is 0 Å². The Bertz CT molecular complexity index is 3860. The maximum absolute atomic E-state index is 5.70. The highest BCUT2D eigenvalue weighted by Crippen LogP contribution is 2.45. The summed E-state index contributed by atoms with van der Waals surface area (Å²) in [6, 6.07) is 72.6. The van der Waals surface area contributed by atoms with Crippen molar-refractivity contribution >= 4 is 97.3 Å². The zero-order chi connectivity index (χ0) is 38.6. The molecule has 0 saturated carbocycles. The van der Waals surface area contributed by atoms with Crippen LogP contribution in [0.5, 0.6) is 0 Å². The topological polar surface area (TPSA) is 30.7 Å². The van der Waals surface area contributed by atoms with Gasteiger partial charge < -0.3 is 0 Å². The molecule has 0 N–H and O–H groups in total. The van der Waals surface area contributed by atoms with E-state index < -0.39 is 0 Å². The lowest BCUT2D eigenvalue weighted by Gasteiger charge is -2.15. The molecule has 0 aliphatic rings. The molecule has 2 aromatic heterocycles. The minimum atomic E-state index is 0.654. The second-order valence-corrected chi connectivity index (χ2v) is 15.7. The number of hydrogen-bond acceptors (Lipinski definition) is 2. The Kier molecular flexibility index (Phi) is 6.72. The third-order valence-corrected chi connectivity index (χ3v) is 12.5. The molecule has 0 radical (unpaired) electrons. The Labute approximate surface area is 339 Å². The lowest BCUT2D eigenvalue weighted by atomic mass is 9.91. The van der Waals surface area contributed by atoms with Crippen molar-refractivity contribution in [3.05, 3.63) is 200 Å². The number of fused-ring (bicyclic) bond motifs is 16. The van der Waals surface area contributed by atoms with Gasteiger partial charge in [-0.2, -0.15) is 0 Å². The van der Waals surface area contributed by atoms with Gasteiger partial charge >= 0.3 is 0 Å². The van der Waals surface area contributed by atoms with Crippen LogP contribution in [0.25, 0.3) is 126 Å². The quantitative estimate of drug-likeness (QED) is 0.169. The number of rotatable bonds is 3. The number of benzene rings is 11. The van der Waals surface area contributed by atoms with Crippen LogP contribution in [0.15, 0.2) is 200 Å². The Hall–Kier alpha value is -7.88. The second-order valence-electron chi connectivity index (χ2n) is 15.7. The van der Waals surface area contributed by atoms with Crippen LogP contribution in [0.3, 0.4) is 0 Å². The highest BCUT2D eigenvalue weighted by Gasteiger charge is 2.23. The van der Waals surface area contributed by atoms with E-state index in [4.69, 9.17) is 9.97 Å². The fourth-order valence-electron chi connectivity index (χ4n) is 9.87. The van der Waals surface area contributed by atoms with Crippen molar-refractivity contribution < 1.29 is 0 Å². The van der Waals surface area contributed by atoms with Crippen molar-refractivity contribution in [3.63, 3.8) is 0 Å². The molecule has 272 valence electrons. The second kappa shape index (κ2) is 12.3. The SMILES string of the molecule is c1ccc(-c2ccc3ccc(-c4nc(-n5c6ccc7c8ccccc8c8ccccc8c7c6c6ccc7ccccc7c65)nc5ccc6ccccc6c45)cc3c2)cc1. The average Bonchev–Trinajstić information content (AvgIpc) is 3.66. The minimum Gasteiger partial charge on any atom is -0.277 e. The van der Waals surface area contributed by atoms with Gasteiger partial charge in [0.05, 0.1) is 22.2 Å². The predicted molar refractivity (Wildman–Crippen MR) is 250 cm³/mol. The van der Waals surface area contributed by atoms with Crippen LogP contribution in [0.1, 0.15) is 0 Å². The molecule has 59 heavy (non-hydrogen) atoms. The molecule has 11 aromatic carbocycles. The molecule has 13 rings (SSSR count). The highest BCUT2D eigenvalue weighted by molar-refractivity contribution is 6.36. The van der Waals surface area contributed by atoms with E-state index in [0.717, 1.165) is 44.0 Å². The summed E-state index contributed by atoms with van der Waals surface area (Å²) in [6.07, 6.45) is 0. The van der Waals surface area contributed by atoms with E-state index in [1.54, 1.807) is 0 Å². The van der Waals surface area contributed by atoms with Crippen LogP contribution in [0.2, 0.25) is 0 Å². The first kappa shape index (κ1) is 32.2. The van der Waals surface area contributed by atoms with Gasteiger partial charge in [0, 0.05) is 32.5 Å². The summed E-state index contributed by atoms with van der Waals surface area (Å²) in [7, 11) is 0. The Balaban J connectivity index is 1.18. The van der Waals surface area contributed by atoms with Crippen LogP contribution >= 0.6 is 0 Å². The van der Waals surface area contributed by atoms with Crippen molar-refractivity contribution in [3.8, 4) is 28.3 Å². The van der Waals surface area contributed by atoms with E-state index in [2.05, 4.69) is 205 Å². The first-order valence-electron chi connectivity index (χ1n) is 20.2. The molecule has 0 spiro atoms. The van der Waals surface area contributed by atoms with E-state index in [0.29, 0.717) is 5.95 Å². The van der Waals surface area contributed by atoms with Gasteiger partial charge in [-0.1, -0.05) is 176 Å². The third-order valence-electron chi connectivity index (χ3n) is 12.5. The van der Waals surface area contributed by atoms with Crippen LogP contribution in [-0.2, 0) is 0 Å². The van der Waals surface area contributed by atoms with Crippen LogP contribution in [-0.4, -0.2) is 14.5 Å². The minimum absolute atomic E-state index is 0.654. The largest absolute Gasteiger partial charge is 0.277 e. The third kappa shape index (κ3) is 4.70. The molecule has 0 bridgehead atoms. The molecule has 0 atom stereocenters. The fraction of sp³-hybridized carbons (Fsp3) is 0. The van der Waals surface area contributed by atoms with E-state index in [9.17, 15) is 0 Å². The Morgan fingerprint density at radius 2 is 0.864 bits per heavy atom. The summed E-state index contributed by atoms with van der Waals surface area (Å²) in [5.41, 5.74) is 7.48. The highest BCUT2D eigenvalue weighted by atomic mass is 15.2. The Morgan fingerprint density at radius 1 is 0.305 bits per heavy atom. The van der Waals surface area contributed by atoms with Crippen LogP contribution in [0.4, 0.5) is 0 Å². The molecule has 0 unspecified atom stereocenters. The van der Waals surface area contributed by atoms with Crippen molar-refractivity contribution in [1.82, 2.24) is 14.5 Å². The van der Waals surface area contributed by atoms with Gasteiger partial charge in [0.1, 0.15) is 0 Å². The Morgan fingerprint density at radius 3 is 1.64 bits per heavy atom. The standard InChI is InChI=1S/C56H33N3/c1-2-12-34(13-3-1)38-24-22-35-23-25-39(33-40(35)32-38)54-52-41-16-6-4-14-36(41)27-30-49(52)57-56(58-54)59-50-31-29-47-45-20-9-8-18-43(45)44-19-10-11-21-46(44)51(47)53(50)48-28-26-37-15-5-7-17-42(37)55(48)59/h1-33H. The summed E-state index contributed by atoms with van der Waals surface area (Å²) >= 11 is 0. The van der Waals surface area contributed by atoms with Gasteiger partial charge in [0.15, 0.2) is 0 Å². The fourth-order valence-corrected chi connectivity index (χ4v) is 9.87. The molecule has 0 amide bonds. The van der Waals surface area contributed by atoms with E-state index in [-0.39, 0.29) is 0 Å². The van der Waals surface area contributed by atoms with Gasteiger partial charge in [-0.15, -0.1) is 0 Å². The average molecular weight is 748 g/mol. The van der Waals surface area contributed by atoms with Gasteiger partial charge in [0.2, 0.25) is 5.95 Å². The predicted octanol–water partition coefficient (Wildman–Crippen LogP) is 15.0. The molecule has 0 saturated heterocycles. The van der Waals surface area contributed by atoms with Crippen molar-refractivity contribution in [1.29, 1.82) is 0 Å². The zero-order valence-corrected chi connectivity index (χ0v) is 31.9. The molecule has 3 heteroatoms. The molecular formula is C56H33N3. The number of nitrogens with zero attached hydrogens (tertiary/aromatic N) is 3. The zero-order valence-electron chi connectivity index (χ0n) is 31.9. The van der Waals surface area contributed by atoms with Crippen molar-refractivity contribution in [2.75, 3.05) is 0 Å². The van der Waals surface area contributed by atoms with Crippen LogP contribution < -0.4 is 0 Å². The first-order valence-corrected chi connectivity index (χ1v) is 20.2. The van der Waals surface area contributed by atoms with Gasteiger partial charge in [-0.25, -0.2) is 9.97 Å². The summed E-state index contributed by atoms with van der Waals surface area (Å²) < 4.78 is 2.34. The van der Waals surface area contributed by atoms with E-state index in [1.165, 1.54) is 75.8 Å². The van der Waals surface area contributed by atoms with Crippen molar-refractivity contribution in [2.24, 2.45) is 0 Å². The molecular weight excluding hydrogens is 715 g/mol. The maximum atomic E-state index is 5.70. The summed E-state index contributed by atoms with van der Waals surface area (Å²) in [5.74, 6) is 0.654. The van der Waals surface area contributed by atoms with E-state index in [1.807, 2.05) is 0 Å². The first-order chi connectivity index (χ1) is 29.3. The molecule has 0 aliphatic carbocycles. The molecule has 3 nitrogen and oxygen atoms in total. The lowest BCUT2D eigenvalue weighted by Crippen LogP contribution is -2.04. The smallest absolute Gasteiger partial charge is 0.235 e. The monoisotopic (exact) mass is 747 g/mol. The van der Waals surface area contributed by atoms with Crippen LogP contribution in [0, 0.1) is 0 Å². The molecule has 0 aliphatic heterocycles. The van der Waals surface area contributed by atoms with Gasteiger partial charge in [-0.3, -0.25) is 4.57 Å². The van der Waals surface area contributed by atoms with Crippen molar-refractivity contribution in [2.45, 2.75) is 0 Å². The normalized spacial score (nSPS) is 12.1. The summed E-state index contributed by atoms with van der Waals surface area (Å²) in [4.78, 5) is 11.2. The molecule has 13 aromatic rings. The number of hydrogen-bond donors (Lipinski definition) is 0. The maximum Gasteiger partial charge on any atom is 0.235 e.